The lowest BCUT2D eigenvalue weighted by Gasteiger charge is -2.20. The van der Waals surface area contributed by atoms with Crippen LogP contribution in [0.3, 0.4) is 0 Å². The first-order valence-electron chi connectivity index (χ1n) is 24.4. The van der Waals surface area contributed by atoms with E-state index >= 15 is 0 Å². The van der Waals surface area contributed by atoms with Crippen molar-refractivity contribution in [2.75, 3.05) is 26.4 Å². The van der Waals surface area contributed by atoms with Crippen molar-refractivity contribution in [3.05, 3.63) is 36.5 Å². The zero-order valence-corrected chi connectivity index (χ0v) is 39.8. The molecule has 0 aliphatic carbocycles. The van der Waals surface area contributed by atoms with E-state index in [2.05, 4.69) is 32.9 Å². The van der Waals surface area contributed by atoms with Gasteiger partial charge < -0.3 is 29.7 Å². The molecule has 0 saturated heterocycles. The Morgan fingerprint density at radius 3 is 1.57 bits per heavy atom. The van der Waals surface area contributed by atoms with Crippen LogP contribution in [-0.2, 0) is 32.7 Å². The summed E-state index contributed by atoms with van der Waals surface area (Å²) >= 11 is 0. The molecular formula is C49H91O11P. The molecule has 4 N–H and O–H groups in total. The lowest BCUT2D eigenvalue weighted by Crippen LogP contribution is -2.29. The van der Waals surface area contributed by atoms with Crippen LogP contribution in [0, 0.1) is 5.92 Å². The maximum atomic E-state index is 12.6. The highest BCUT2D eigenvalue weighted by atomic mass is 31.2. The first kappa shape index (κ1) is 59.1. The van der Waals surface area contributed by atoms with Crippen LogP contribution in [0.2, 0.25) is 0 Å². The number of hydrogen-bond acceptors (Lipinski definition) is 10. The van der Waals surface area contributed by atoms with Crippen LogP contribution in [0.15, 0.2) is 36.5 Å². The molecule has 0 heterocycles. The number of unbranched alkanes of at least 4 members (excludes halogenated alkanes) is 21. The fourth-order valence-electron chi connectivity index (χ4n) is 6.80. The summed E-state index contributed by atoms with van der Waals surface area (Å²) in [6.45, 7) is 4.55. The zero-order chi connectivity index (χ0) is 45.1. The first-order valence-corrected chi connectivity index (χ1v) is 25.9. The molecule has 0 aliphatic rings. The number of allylic oxidation sites excluding steroid dienone is 5. The molecule has 61 heavy (non-hydrogen) atoms. The van der Waals surface area contributed by atoms with E-state index in [0.717, 1.165) is 63.7 Å². The fourth-order valence-corrected chi connectivity index (χ4v) is 7.59. The van der Waals surface area contributed by atoms with Gasteiger partial charge in [-0.3, -0.25) is 18.6 Å². The molecule has 0 aromatic rings. The number of aliphatic hydroxyl groups excluding tert-OH is 3. The topological polar surface area (TPSA) is 169 Å². The molecule has 0 fully saturated rings. The predicted molar refractivity (Wildman–Crippen MR) is 248 cm³/mol. The molecular weight excluding hydrogens is 796 g/mol. The molecule has 0 radical (unpaired) electrons. The van der Waals surface area contributed by atoms with Crippen molar-refractivity contribution in [1.29, 1.82) is 0 Å². The van der Waals surface area contributed by atoms with Gasteiger partial charge in [0.05, 0.1) is 25.9 Å². The van der Waals surface area contributed by atoms with Crippen LogP contribution in [0.25, 0.3) is 0 Å². The third-order valence-electron chi connectivity index (χ3n) is 11.0. The SMILES string of the molecule is CC/C=C/C/C=C/C=C/C(O)CCCCCCCC(=O)O[C@H](COC(=O)CCCCCCCCCCCCCCCCCCCCC(C)CC)COP(=O)(O)OC[C@@H](O)CO. The van der Waals surface area contributed by atoms with Crippen molar-refractivity contribution in [3.8, 4) is 0 Å². The third-order valence-corrected chi connectivity index (χ3v) is 11.9. The molecule has 3 unspecified atom stereocenters. The van der Waals surface area contributed by atoms with E-state index in [1.54, 1.807) is 6.08 Å². The van der Waals surface area contributed by atoms with Gasteiger partial charge in [-0.05, 0) is 38.0 Å². The minimum atomic E-state index is -4.65. The fraction of sp³-hybridized carbons (Fsp3) is 0.837. The van der Waals surface area contributed by atoms with E-state index in [-0.39, 0.29) is 19.4 Å². The highest BCUT2D eigenvalue weighted by Gasteiger charge is 2.27. The second-order valence-corrected chi connectivity index (χ2v) is 18.4. The van der Waals surface area contributed by atoms with Crippen molar-refractivity contribution in [2.24, 2.45) is 5.92 Å². The average molecular weight is 887 g/mol. The monoisotopic (exact) mass is 887 g/mol. The van der Waals surface area contributed by atoms with Gasteiger partial charge in [-0.15, -0.1) is 0 Å². The van der Waals surface area contributed by atoms with Crippen LogP contribution < -0.4 is 0 Å². The number of carbonyl (C=O) groups is 2. The number of phosphoric ester groups is 1. The summed E-state index contributed by atoms with van der Waals surface area (Å²) in [5.41, 5.74) is 0. The number of phosphoric acid groups is 1. The normalized spacial score (nSPS) is 15.1. The van der Waals surface area contributed by atoms with Crippen molar-refractivity contribution in [3.63, 3.8) is 0 Å². The third kappa shape index (κ3) is 43.2. The smallest absolute Gasteiger partial charge is 0.462 e. The summed E-state index contributed by atoms with van der Waals surface area (Å²) in [4.78, 5) is 35.1. The molecule has 12 heteroatoms. The van der Waals surface area contributed by atoms with Gasteiger partial charge in [-0.25, -0.2) is 4.57 Å². The highest BCUT2D eigenvalue weighted by molar-refractivity contribution is 7.47. The second-order valence-electron chi connectivity index (χ2n) is 16.9. The van der Waals surface area contributed by atoms with E-state index in [4.69, 9.17) is 23.6 Å². The molecule has 0 rings (SSSR count). The van der Waals surface area contributed by atoms with Gasteiger partial charge >= 0.3 is 19.8 Å². The van der Waals surface area contributed by atoms with Gasteiger partial charge in [-0.2, -0.15) is 0 Å². The average Bonchev–Trinajstić information content (AvgIpc) is 3.24. The maximum Gasteiger partial charge on any atom is 0.472 e. The van der Waals surface area contributed by atoms with E-state index in [1.165, 1.54) is 103 Å². The minimum absolute atomic E-state index is 0.116. The molecule has 0 amide bonds. The molecule has 0 bridgehead atoms. The Hall–Kier alpha value is -1.85. The number of rotatable bonds is 45. The van der Waals surface area contributed by atoms with Gasteiger partial charge in [0, 0.05) is 12.8 Å². The Bertz CT molecular complexity index is 1140. The molecule has 0 aromatic heterocycles. The highest BCUT2D eigenvalue weighted by Crippen LogP contribution is 2.43. The van der Waals surface area contributed by atoms with Gasteiger partial charge in [-0.1, -0.05) is 205 Å². The predicted octanol–water partition coefficient (Wildman–Crippen LogP) is 12.3. The maximum absolute atomic E-state index is 12.6. The quantitative estimate of drug-likeness (QED) is 0.0151. The van der Waals surface area contributed by atoms with Crippen LogP contribution in [0.1, 0.15) is 213 Å². The summed E-state index contributed by atoms with van der Waals surface area (Å²) in [5, 5.41) is 28.5. The molecule has 11 nitrogen and oxygen atoms in total. The summed E-state index contributed by atoms with van der Waals surface area (Å²) in [5.74, 6) is -0.104. The minimum Gasteiger partial charge on any atom is -0.462 e. The summed E-state index contributed by atoms with van der Waals surface area (Å²) in [7, 11) is -4.65. The molecule has 0 saturated carbocycles. The molecule has 5 atom stereocenters. The van der Waals surface area contributed by atoms with Gasteiger partial charge in [0.1, 0.15) is 12.7 Å². The van der Waals surface area contributed by atoms with Crippen LogP contribution in [0.4, 0.5) is 0 Å². The summed E-state index contributed by atoms with van der Waals surface area (Å²) in [6.07, 6.45) is 41.3. The lowest BCUT2D eigenvalue weighted by atomic mass is 9.99. The Morgan fingerprint density at radius 2 is 1.07 bits per heavy atom. The first-order chi connectivity index (χ1) is 29.5. The Balaban J connectivity index is 4.22. The molecule has 358 valence electrons. The molecule has 0 aromatic carbocycles. The van der Waals surface area contributed by atoms with Crippen molar-refractivity contribution < 1.29 is 52.9 Å². The number of hydrogen-bond donors (Lipinski definition) is 4. The molecule has 0 aliphatic heterocycles. The van der Waals surface area contributed by atoms with E-state index < -0.39 is 57.9 Å². The van der Waals surface area contributed by atoms with Gasteiger partial charge in [0.2, 0.25) is 0 Å². The van der Waals surface area contributed by atoms with Crippen LogP contribution in [0.5, 0.6) is 0 Å². The Kier molecular flexibility index (Phi) is 42.1. The van der Waals surface area contributed by atoms with Crippen molar-refractivity contribution >= 4 is 19.8 Å². The van der Waals surface area contributed by atoms with Gasteiger partial charge in [0.15, 0.2) is 6.10 Å². The van der Waals surface area contributed by atoms with E-state index in [1.807, 2.05) is 18.2 Å². The standard InChI is InChI=1S/C49H91O11P/c1-4-6-7-8-21-26-31-36-45(51)37-32-27-24-29-34-39-49(54)60-47(43-59-61(55,56)58-41-46(52)40-50)42-57-48(53)38-33-28-23-20-18-16-14-12-10-9-11-13-15-17-19-22-25-30-35-44(3)5-2/h6-7,21,26,31,36,44-47,50-52H,4-5,8-20,22-25,27-30,32-35,37-43H2,1-3H3,(H,55,56)/b7-6+,26-21+,36-31+/t44?,45?,46-,47+/m0/s1. The zero-order valence-electron chi connectivity index (χ0n) is 38.9. The Morgan fingerprint density at radius 1 is 0.590 bits per heavy atom. The van der Waals surface area contributed by atoms with E-state index in [0.29, 0.717) is 19.3 Å². The summed E-state index contributed by atoms with van der Waals surface area (Å²) in [6, 6.07) is 0. The van der Waals surface area contributed by atoms with Crippen LogP contribution in [-0.4, -0.2) is 76.9 Å². The number of aliphatic hydroxyl groups is 3. The number of ether oxygens (including phenoxy) is 2. The Labute approximate surface area is 372 Å². The van der Waals surface area contributed by atoms with E-state index in [9.17, 15) is 29.3 Å². The van der Waals surface area contributed by atoms with Crippen LogP contribution >= 0.6 is 7.82 Å². The molecule has 0 spiro atoms. The van der Waals surface area contributed by atoms with Crippen molar-refractivity contribution in [1.82, 2.24) is 0 Å². The number of carbonyl (C=O) groups excluding carboxylic acids is 2. The lowest BCUT2D eigenvalue weighted by molar-refractivity contribution is -0.161. The van der Waals surface area contributed by atoms with Gasteiger partial charge in [0.25, 0.3) is 0 Å². The number of esters is 2. The largest absolute Gasteiger partial charge is 0.472 e. The van der Waals surface area contributed by atoms with Crippen molar-refractivity contribution in [2.45, 2.75) is 232 Å². The summed E-state index contributed by atoms with van der Waals surface area (Å²) < 4.78 is 32.7. The second kappa shape index (κ2) is 43.4.